The predicted molar refractivity (Wildman–Crippen MR) is 243 cm³/mol. The van der Waals surface area contributed by atoms with Crippen LogP contribution in [0.15, 0.2) is 60.3 Å². The number of esters is 3. The molecule has 2 saturated heterocycles. The molecule has 3 aliphatic heterocycles. The Morgan fingerprint density at radius 3 is 2.22 bits per heavy atom. The molecule has 1 aromatic rings. The number of cyclic esters (lactones) is 1. The molecule has 0 saturated carbocycles. The van der Waals surface area contributed by atoms with Gasteiger partial charge in [0.1, 0.15) is 42.3 Å². The lowest BCUT2D eigenvalue weighted by atomic mass is 9.79. The number of likely N-dealkylation sites (N-methyl/N-ethyl adjacent to an activating group) is 1. The first-order valence-electron chi connectivity index (χ1n) is 23.2. The van der Waals surface area contributed by atoms with Gasteiger partial charge in [-0.15, -0.1) is 0 Å². The number of aromatic nitrogens is 1. The lowest BCUT2D eigenvalue weighted by Crippen LogP contribution is -2.63. The molecule has 4 heterocycles. The van der Waals surface area contributed by atoms with Gasteiger partial charge in [0.05, 0.1) is 50.1 Å². The van der Waals surface area contributed by atoms with Crippen molar-refractivity contribution in [3.8, 4) is 0 Å². The van der Waals surface area contributed by atoms with Crippen LogP contribution in [0.4, 0.5) is 0 Å². The van der Waals surface area contributed by atoms with Gasteiger partial charge in [0.15, 0.2) is 18.4 Å². The van der Waals surface area contributed by atoms with Crippen LogP contribution in [-0.2, 0) is 57.0 Å². The lowest BCUT2D eigenvalue weighted by molar-refractivity contribution is -0.304. The van der Waals surface area contributed by atoms with E-state index in [1.807, 2.05) is 19.9 Å². The Bertz CT molecular complexity index is 1830. The molecule has 0 aromatic carbocycles. The van der Waals surface area contributed by atoms with Crippen LogP contribution in [0.5, 0.6) is 0 Å². The third-order valence-corrected chi connectivity index (χ3v) is 12.8. The van der Waals surface area contributed by atoms with Crippen molar-refractivity contribution < 1.29 is 77.1 Å². The number of rotatable bonds is 15. The normalized spacial score (nSPS) is 37.4. The standard InChI is InChI=1S/C49H74N2O16/c1-12-36-33(26-62-49-46(60-11)45(59-10)42(56)31(7)64-49)23-27(3)20-21-35(52)28(4)24-32(17-16-19-38(53)61-13-2)44(67-48-43(57)40(51(8)9)41(55)30(6)63-48)29(5)37(25-39(54)65-36)66-47(58)34-18-14-15-22-50-34/h14-16,18-23,28-33,36-37,40-46,48-49,55-57H,12-13,17,24-26H2,1-11H3/b19-16+,21-20+,27-23+/t28-,29+,30+,31-,32+,33-,36-,37-,40-,41+,42-,43+,44-,45-,46-,48-,49-/m1/s1. The van der Waals surface area contributed by atoms with Crippen LogP contribution in [-0.4, -0.2) is 170 Å². The smallest absolute Gasteiger partial charge is 0.357 e. The maximum Gasteiger partial charge on any atom is 0.357 e. The number of pyridine rings is 1. The fraction of sp³-hybridized carbons (Fsp3) is 0.694. The molecular weight excluding hydrogens is 873 g/mol. The third kappa shape index (κ3) is 15.3. The first-order valence-corrected chi connectivity index (χ1v) is 23.2. The van der Waals surface area contributed by atoms with E-state index in [4.69, 9.17) is 42.6 Å². The number of aliphatic hydroxyl groups excluding tert-OH is 3. The fourth-order valence-electron chi connectivity index (χ4n) is 8.98. The van der Waals surface area contributed by atoms with E-state index >= 15 is 0 Å². The second-order valence-corrected chi connectivity index (χ2v) is 17.9. The van der Waals surface area contributed by atoms with Gasteiger partial charge in [-0.05, 0) is 85.2 Å². The van der Waals surface area contributed by atoms with E-state index in [0.29, 0.717) is 12.0 Å². The topological polar surface area (TPSA) is 228 Å². The number of methoxy groups -OCH3 is 2. The highest BCUT2D eigenvalue weighted by Gasteiger charge is 2.48. The highest BCUT2D eigenvalue weighted by molar-refractivity contribution is 5.91. The highest BCUT2D eigenvalue weighted by atomic mass is 16.7. The average Bonchev–Trinajstić information content (AvgIpc) is 3.29. The molecule has 18 nitrogen and oxygen atoms in total. The lowest BCUT2D eigenvalue weighted by Gasteiger charge is -2.46. The minimum Gasteiger partial charge on any atom is -0.463 e. The van der Waals surface area contributed by atoms with Gasteiger partial charge in [0, 0.05) is 44.2 Å². The number of allylic oxidation sites excluding steroid dienone is 4. The predicted octanol–water partition coefficient (Wildman–Crippen LogP) is 3.74. The van der Waals surface area contributed by atoms with Crippen molar-refractivity contribution in [3.05, 3.63) is 66.0 Å². The van der Waals surface area contributed by atoms with E-state index in [1.165, 1.54) is 38.6 Å². The van der Waals surface area contributed by atoms with Crippen molar-refractivity contribution >= 4 is 23.7 Å². The van der Waals surface area contributed by atoms with Gasteiger partial charge in [0.2, 0.25) is 0 Å². The van der Waals surface area contributed by atoms with E-state index in [1.54, 1.807) is 77.9 Å². The first-order chi connectivity index (χ1) is 31.8. The minimum atomic E-state index is -1.38. The Labute approximate surface area is 394 Å². The van der Waals surface area contributed by atoms with Crippen molar-refractivity contribution in [2.75, 3.05) is 41.5 Å². The molecule has 3 aliphatic rings. The van der Waals surface area contributed by atoms with Gasteiger partial charge in [0.25, 0.3) is 0 Å². The Morgan fingerprint density at radius 1 is 0.910 bits per heavy atom. The summed E-state index contributed by atoms with van der Waals surface area (Å²) in [6.45, 7) is 12.3. The summed E-state index contributed by atoms with van der Waals surface area (Å²) in [4.78, 5) is 60.7. The molecule has 67 heavy (non-hydrogen) atoms. The number of nitrogens with zero attached hydrogens (tertiary/aromatic N) is 2. The summed E-state index contributed by atoms with van der Waals surface area (Å²) in [6, 6.07) is 3.94. The summed E-state index contributed by atoms with van der Waals surface area (Å²) in [5.74, 6) is -5.08. The van der Waals surface area contributed by atoms with Gasteiger partial charge in [-0.2, -0.15) is 0 Å². The molecule has 18 heteroatoms. The Hall–Kier alpha value is -3.95. The monoisotopic (exact) mass is 947 g/mol. The quantitative estimate of drug-likeness (QED) is 0.129. The van der Waals surface area contributed by atoms with Crippen LogP contribution in [0.25, 0.3) is 0 Å². The van der Waals surface area contributed by atoms with Crippen molar-refractivity contribution in [1.82, 2.24) is 9.88 Å². The molecule has 0 bridgehead atoms. The molecule has 17 atom stereocenters. The van der Waals surface area contributed by atoms with Gasteiger partial charge < -0.3 is 62.9 Å². The zero-order valence-electron chi connectivity index (χ0n) is 40.8. The Balaban J connectivity index is 1.83. The van der Waals surface area contributed by atoms with Crippen LogP contribution in [0.3, 0.4) is 0 Å². The first kappa shape index (κ1) is 55.6. The van der Waals surface area contributed by atoms with Crippen LogP contribution in [0.1, 0.15) is 84.6 Å². The fourth-order valence-corrected chi connectivity index (χ4v) is 8.98. The van der Waals surface area contributed by atoms with Crippen LogP contribution < -0.4 is 0 Å². The average molecular weight is 947 g/mol. The highest BCUT2D eigenvalue weighted by Crippen LogP contribution is 2.36. The van der Waals surface area contributed by atoms with Gasteiger partial charge in [-0.25, -0.2) is 14.6 Å². The minimum absolute atomic E-state index is 0.0172. The number of carbonyl (C=O) groups excluding carboxylic acids is 4. The van der Waals surface area contributed by atoms with Crippen molar-refractivity contribution in [2.45, 2.75) is 154 Å². The molecule has 3 N–H and O–H groups in total. The van der Waals surface area contributed by atoms with Gasteiger partial charge >= 0.3 is 17.9 Å². The van der Waals surface area contributed by atoms with E-state index in [2.05, 4.69) is 4.98 Å². The van der Waals surface area contributed by atoms with E-state index < -0.39 is 128 Å². The molecule has 0 radical (unpaired) electrons. The van der Waals surface area contributed by atoms with E-state index in [9.17, 15) is 34.5 Å². The van der Waals surface area contributed by atoms with Crippen LogP contribution in [0, 0.1) is 23.7 Å². The SMILES string of the molecule is CCOC(=O)/C=C/C[C@H]1C[C@@H](C)C(=O)/C=C/C(C)=C/[C@H](CO[C@@H]2O[C@H](C)[C@@H](O)[C@@H](OC)[C@H]2OC)[C@@H](CC)OC(=O)C[C@@H](OC(=O)c2ccccn2)[C@H](C)[C@H]1O[C@H]1O[C@@H](C)[C@H](O)[C@@H](N(C)C)[C@@H]1O. The largest absolute Gasteiger partial charge is 0.463 e. The number of aliphatic hydroxyl groups is 3. The molecular formula is C49H74N2O16. The van der Waals surface area contributed by atoms with Crippen LogP contribution in [0.2, 0.25) is 0 Å². The van der Waals surface area contributed by atoms with Gasteiger partial charge in [-0.3, -0.25) is 9.59 Å². The molecule has 376 valence electrons. The molecule has 1 aromatic heterocycles. The van der Waals surface area contributed by atoms with Gasteiger partial charge in [-0.1, -0.05) is 50.6 Å². The van der Waals surface area contributed by atoms with E-state index in [-0.39, 0.29) is 37.5 Å². The van der Waals surface area contributed by atoms with Crippen molar-refractivity contribution in [2.24, 2.45) is 23.7 Å². The summed E-state index contributed by atoms with van der Waals surface area (Å²) in [5, 5.41) is 33.6. The van der Waals surface area contributed by atoms with E-state index in [0.717, 1.165) is 0 Å². The Kier molecular flexibility index (Phi) is 22.2. The number of ether oxygens (including phenoxy) is 9. The number of ketones is 1. The van der Waals surface area contributed by atoms with Crippen molar-refractivity contribution in [3.63, 3.8) is 0 Å². The summed E-state index contributed by atoms with van der Waals surface area (Å²) < 4.78 is 54.1. The summed E-state index contributed by atoms with van der Waals surface area (Å²) in [7, 11) is 6.34. The maximum absolute atomic E-state index is 14.4. The molecule has 0 spiro atoms. The van der Waals surface area contributed by atoms with Crippen LogP contribution >= 0.6 is 0 Å². The number of hydrogen-bond donors (Lipinski definition) is 3. The zero-order valence-corrected chi connectivity index (χ0v) is 40.8. The molecule has 0 unspecified atom stereocenters. The molecule has 0 amide bonds. The maximum atomic E-state index is 14.4. The Morgan fingerprint density at radius 2 is 1.60 bits per heavy atom. The number of carbonyl (C=O) groups is 4. The summed E-state index contributed by atoms with van der Waals surface area (Å²) >= 11 is 0. The summed E-state index contributed by atoms with van der Waals surface area (Å²) in [5.41, 5.74) is 0.652. The number of hydrogen-bond acceptors (Lipinski definition) is 18. The molecule has 0 aliphatic carbocycles. The molecule has 2 fully saturated rings. The second kappa shape index (κ2) is 26.7. The second-order valence-electron chi connectivity index (χ2n) is 17.9. The zero-order chi connectivity index (χ0) is 49.5. The van der Waals surface area contributed by atoms with Crippen molar-refractivity contribution in [1.29, 1.82) is 0 Å². The summed E-state index contributed by atoms with van der Waals surface area (Å²) in [6.07, 6.45) is -2.32. The molecule has 4 rings (SSSR count). The third-order valence-electron chi connectivity index (χ3n) is 12.8.